The van der Waals surface area contributed by atoms with Gasteiger partial charge in [-0.1, -0.05) is 0 Å². The highest BCUT2D eigenvalue weighted by atomic mass is 28.4. The summed E-state index contributed by atoms with van der Waals surface area (Å²) in [5.41, 5.74) is 0. The lowest BCUT2D eigenvalue weighted by molar-refractivity contribution is -0.148. The summed E-state index contributed by atoms with van der Waals surface area (Å²) < 4.78 is 22.7. The Labute approximate surface area is 129 Å². The average Bonchev–Trinajstić information content (AvgIpc) is 2.88. The van der Waals surface area contributed by atoms with E-state index in [1.54, 1.807) is 0 Å². The number of carbonyl (C=O) groups excluding carboxylic acids is 1. The Morgan fingerprint density at radius 1 is 1.05 bits per heavy atom. The molecule has 0 bridgehead atoms. The fourth-order valence-corrected chi connectivity index (χ4v) is 5.41. The number of nitrogens with zero attached hydrogens (tertiary/aromatic N) is 1. The fourth-order valence-electron chi connectivity index (χ4n) is 2.69. The van der Waals surface area contributed by atoms with E-state index in [9.17, 15) is 4.79 Å². The average molecular weight is 319 g/mol. The van der Waals surface area contributed by atoms with Crippen molar-refractivity contribution in [2.24, 2.45) is 0 Å². The van der Waals surface area contributed by atoms with Gasteiger partial charge in [-0.15, -0.1) is 0 Å². The summed E-state index contributed by atoms with van der Waals surface area (Å²) in [6, 6.07) is -0.196. The molecule has 0 radical (unpaired) electrons. The van der Waals surface area contributed by atoms with Gasteiger partial charge in [0.25, 0.3) is 0 Å². The van der Waals surface area contributed by atoms with Crippen LogP contribution in [0, 0.1) is 0 Å². The van der Waals surface area contributed by atoms with Crippen LogP contribution in [0.1, 0.15) is 40.5 Å². The zero-order valence-electron chi connectivity index (χ0n) is 13.7. The van der Waals surface area contributed by atoms with Gasteiger partial charge in [0.15, 0.2) is 0 Å². The first kappa shape index (κ1) is 18.6. The van der Waals surface area contributed by atoms with Gasteiger partial charge in [-0.05, 0) is 47.1 Å². The third-order valence-corrected chi connectivity index (χ3v) is 6.39. The number of ether oxygens (including phenoxy) is 1. The molecule has 124 valence electrons. The van der Waals surface area contributed by atoms with Crippen molar-refractivity contribution in [1.29, 1.82) is 0 Å². The lowest BCUT2D eigenvalue weighted by Crippen LogP contribution is -2.57. The lowest BCUT2D eigenvalue weighted by atomic mass is 10.2. The first-order valence-corrected chi connectivity index (χ1v) is 9.88. The molecule has 6 nitrogen and oxygen atoms in total. The molecular weight excluding hydrogens is 290 g/mol. The predicted molar refractivity (Wildman–Crippen MR) is 81.9 cm³/mol. The van der Waals surface area contributed by atoms with E-state index in [0.717, 1.165) is 19.4 Å². The van der Waals surface area contributed by atoms with Gasteiger partial charge in [0.1, 0.15) is 6.04 Å². The number of carbonyl (C=O) groups is 1. The molecule has 1 saturated heterocycles. The van der Waals surface area contributed by atoms with Crippen molar-refractivity contribution in [2.45, 2.75) is 46.6 Å². The summed E-state index contributed by atoms with van der Waals surface area (Å²) in [5.74, 6) is -0.151. The van der Waals surface area contributed by atoms with Crippen LogP contribution in [0.3, 0.4) is 0 Å². The largest absolute Gasteiger partial charge is 0.515 e. The maximum Gasteiger partial charge on any atom is 0.515 e. The summed E-state index contributed by atoms with van der Waals surface area (Å²) >= 11 is 0. The number of hydrogen-bond donors (Lipinski definition) is 0. The van der Waals surface area contributed by atoms with E-state index >= 15 is 0 Å². The molecule has 21 heavy (non-hydrogen) atoms. The van der Waals surface area contributed by atoms with E-state index in [0.29, 0.717) is 32.6 Å². The van der Waals surface area contributed by atoms with Crippen LogP contribution in [0.2, 0.25) is 0 Å². The van der Waals surface area contributed by atoms with E-state index in [4.69, 9.17) is 18.0 Å². The number of hydrogen-bond acceptors (Lipinski definition) is 6. The Morgan fingerprint density at radius 2 is 1.62 bits per heavy atom. The summed E-state index contributed by atoms with van der Waals surface area (Å²) in [6.07, 6.45) is 2.36. The van der Waals surface area contributed by atoms with Crippen molar-refractivity contribution in [3.63, 3.8) is 0 Å². The number of likely N-dealkylation sites (tertiary alicyclic amines) is 1. The Kier molecular flexibility index (Phi) is 8.43. The smallest absolute Gasteiger partial charge is 0.465 e. The van der Waals surface area contributed by atoms with Crippen LogP contribution >= 0.6 is 0 Å². The topological polar surface area (TPSA) is 57.2 Å². The molecule has 7 heteroatoms. The van der Waals surface area contributed by atoms with Gasteiger partial charge in [-0.25, -0.2) is 0 Å². The van der Waals surface area contributed by atoms with E-state index < -0.39 is 8.80 Å². The van der Waals surface area contributed by atoms with Crippen molar-refractivity contribution in [3.8, 4) is 0 Å². The molecule has 1 atom stereocenters. The van der Waals surface area contributed by atoms with Crippen molar-refractivity contribution in [1.82, 2.24) is 4.90 Å². The Morgan fingerprint density at radius 3 is 2.10 bits per heavy atom. The summed E-state index contributed by atoms with van der Waals surface area (Å²) in [7, 11) is -2.75. The van der Waals surface area contributed by atoms with Crippen molar-refractivity contribution in [3.05, 3.63) is 0 Å². The van der Waals surface area contributed by atoms with E-state index in [-0.39, 0.29) is 12.0 Å². The molecular formula is C14H29NO5Si. The Hall–Kier alpha value is -0.473. The Bertz CT molecular complexity index is 299. The normalized spacial score (nSPS) is 19.9. The molecule has 0 spiro atoms. The summed E-state index contributed by atoms with van der Waals surface area (Å²) in [5, 5.41) is 0. The van der Waals surface area contributed by atoms with Crippen LogP contribution in [-0.2, 0) is 22.8 Å². The zero-order chi connectivity index (χ0) is 15.7. The zero-order valence-corrected chi connectivity index (χ0v) is 14.7. The molecule has 0 aromatic carbocycles. The second kappa shape index (κ2) is 9.53. The second-order valence-corrected chi connectivity index (χ2v) is 7.41. The lowest BCUT2D eigenvalue weighted by Gasteiger charge is -2.33. The number of rotatable bonds is 10. The highest BCUT2D eigenvalue weighted by molar-refractivity contribution is 6.61. The minimum atomic E-state index is -2.75. The third-order valence-electron chi connectivity index (χ3n) is 3.41. The van der Waals surface area contributed by atoms with Gasteiger partial charge in [-0.2, -0.15) is 0 Å². The molecule has 1 rings (SSSR count). The third kappa shape index (κ3) is 5.34. The van der Waals surface area contributed by atoms with Crippen LogP contribution in [0.4, 0.5) is 0 Å². The molecule has 1 aliphatic heterocycles. The minimum absolute atomic E-state index is 0.151. The summed E-state index contributed by atoms with van der Waals surface area (Å²) in [4.78, 5) is 14.1. The van der Waals surface area contributed by atoms with E-state index in [1.807, 2.05) is 27.7 Å². The molecule has 1 fully saturated rings. The maximum absolute atomic E-state index is 12.0. The fraction of sp³-hybridized carbons (Fsp3) is 0.929. The highest BCUT2D eigenvalue weighted by Gasteiger charge is 2.46. The van der Waals surface area contributed by atoms with Crippen molar-refractivity contribution < 1.29 is 22.8 Å². The highest BCUT2D eigenvalue weighted by Crippen LogP contribution is 2.22. The van der Waals surface area contributed by atoms with Gasteiger partial charge >= 0.3 is 14.8 Å². The van der Waals surface area contributed by atoms with Gasteiger partial charge in [0, 0.05) is 19.8 Å². The van der Waals surface area contributed by atoms with Crippen LogP contribution in [0.25, 0.3) is 0 Å². The van der Waals surface area contributed by atoms with E-state index in [2.05, 4.69) is 4.90 Å². The monoisotopic (exact) mass is 319 g/mol. The van der Waals surface area contributed by atoms with Crippen LogP contribution in [0.5, 0.6) is 0 Å². The first-order valence-electron chi connectivity index (χ1n) is 7.94. The van der Waals surface area contributed by atoms with Crippen LogP contribution in [-0.4, -0.2) is 64.9 Å². The van der Waals surface area contributed by atoms with Gasteiger partial charge < -0.3 is 18.0 Å². The van der Waals surface area contributed by atoms with Crippen LogP contribution in [0.15, 0.2) is 0 Å². The van der Waals surface area contributed by atoms with Crippen molar-refractivity contribution >= 4 is 14.8 Å². The van der Waals surface area contributed by atoms with Gasteiger partial charge in [0.2, 0.25) is 0 Å². The first-order chi connectivity index (χ1) is 10.1. The van der Waals surface area contributed by atoms with E-state index in [1.165, 1.54) is 0 Å². The second-order valence-electron chi connectivity index (χ2n) is 4.86. The number of esters is 1. The SMILES string of the molecule is CCOC(=O)C1CCCN1C[Si](OCC)(OCC)OCC. The summed E-state index contributed by atoms with van der Waals surface area (Å²) in [6.45, 7) is 10.5. The standard InChI is InChI=1S/C14H29NO5Si/c1-5-17-14(16)13-10-9-11-15(13)12-21(18-6-2,19-7-3)20-8-4/h13H,5-12H2,1-4H3. The van der Waals surface area contributed by atoms with Crippen molar-refractivity contribution in [2.75, 3.05) is 39.1 Å². The molecule has 0 amide bonds. The molecule has 1 heterocycles. The molecule has 0 aromatic rings. The molecule has 0 N–H and O–H groups in total. The minimum Gasteiger partial charge on any atom is -0.465 e. The molecule has 0 aliphatic carbocycles. The predicted octanol–water partition coefficient (Wildman–Crippen LogP) is 1.60. The molecule has 0 aromatic heterocycles. The molecule has 1 unspecified atom stereocenters. The van der Waals surface area contributed by atoms with Crippen LogP contribution < -0.4 is 0 Å². The molecule has 0 saturated carbocycles. The molecule has 1 aliphatic rings. The maximum atomic E-state index is 12.0. The van der Waals surface area contributed by atoms with Gasteiger partial charge in [-0.3, -0.25) is 9.69 Å². The quantitative estimate of drug-likeness (QED) is 0.450. The van der Waals surface area contributed by atoms with Gasteiger partial charge in [0.05, 0.1) is 12.8 Å². The Balaban J connectivity index is 2.77.